The van der Waals surface area contributed by atoms with Gasteiger partial charge in [-0.15, -0.1) is 5.10 Å². The molecule has 9 heteroatoms. The predicted molar refractivity (Wildman–Crippen MR) is 158 cm³/mol. The fraction of sp³-hybridized carbons (Fsp3) is 0.400. The molecule has 3 heterocycles. The van der Waals surface area contributed by atoms with Gasteiger partial charge in [0, 0.05) is 42.8 Å². The van der Waals surface area contributed by atoms with Crippen molar-refractivity contribution >= 4 is 17.2 Å². The van der Waals surface area contributed by atoms with E-state index in [0.29, 0.717) is 24.4 Å². The molecule has 202 valence electrons. The molecule has 2 aromatic carbocycles. The molecule has 1 saturated heterocycles. The summed E-state index contributed by atoms with van der Waals surface area (Å²) in [5, 5.41) is 14.5. The number of hydrogen-bond acceptors (Lipinski definition) is 6. The van der Waals surface area contributed by atoms with Crippen LogP contribution in [0.2, 0.25) is 0 Å². The Kier molecular flexibility index (Phi) is 8.56. The van der Waals surface area contributed by atoms with E-state index in [0.717, 1.165) is 84.0 Å². The second kappa shape index (κ2) is 12.4. The molecule has 0 unspecified atom stereocenters. The lowest BCUT2D eigenvalue weighted by atomic mass is 9.95. The van der Waals surface area contributed by atoms with Crippen LogP contribution in [-0.2, 0) is 19.4 Å². The Morgan fingerprint density at radius 2 is 1.72 bits per heavy atom. The minimum atomic E-state index is 0.00971. The van der Waals surface area contributed by atoms with Crippen molar-refractivity contribution in [2.24, 2.45) is 0 Å². The van der Waals surface area contributed by atoms with Gasteiger partial charge in [-0.1, -0.05) is 74.1 Å². The number of hydrogen-bond donors (Lipinski definition) is 1. The number of nitrogens with one attached hydrogen (secondary N) is 1. The van der Waals surface area contributed by atoms with Crippen LogP contribution in [0.4, 0.5) is 0 Å². The van der Waals surface area contributed by atoms with E-state index in [1.165, 1.54) is 6.42 Å². The molecule has 1 aliphatic heterocycles. The molecule has 0 amide bonds. The van der Waals surface area contributed by atoms with Crippen molar-refractivity contribution in [3.05, 3.63) is 81.5 Å². The van der Waals surface area contributed by atoms with Gasteiger partial charge < -0.3 is 4.90 Å². The summed E-state index contributed by atoms with van der Waals surface area (Å²) in [5.41, 5.74) is 5.48. The SMILES string of the molecule is CCCCc1nc(C)c(CC(=S)N2CCCCC2)c(=O)n1Cc1ccccc1-c1ccccc1-c1nnn[nH]1. The maximum absolute atomic E-state index is 14.1. The number of aryl methyl sites for hydroxylation is 2. The first kappa shape index (κ1) is 26.9. The van der Waals surface area contributed by atoms with E-state index >= 15 is 0 Å². The fourth-order valence-corrected chi connectivity index (χ4v) is 5.67. The lowest BCUT2D eigenvalue weighted by molar-refractivity contribution is 0.343. The standard InChI is InChI=1S/C30H35N7OS/c1-3-4-16-27-31-21(2)26(19-28(39)36-17-10-5-11-18-36)30(38)37(27)20-22-12-6-7-13-23(22)24-14-8-9-15-25(24)29-32-34-35-33-29/h6-9,12-15H,3-5,10-11,16-20H2,1-2H3,(H,32,33,34,35). The normalized spacial score (nSPS) is 13.5. The Labute approximate surface area is 234 Å². The summed E-state index contributed by atoms with van der Waals surface area (Å²) in [5.74, 6) is 1.43. The molecule has 4 aromatic rings. The van der Waals surface area contributed by atoms with E-state index < -0.39 is 0 Å². The molecule has 0 radical (unpaired) electrons. The van der Waals surface area contributed by atoms with Crippen molar-refractivity contribution in [3.63, 3.8) is 0 Å². The highest BCUT2D eigenvalue weighted by atomic mass is 32.1. The summed E-state index contributed by atoms with van der Waals surface area (Å²) in [6.07, 6.45) is 6.77. The average molecular weight is 542 g/mol. The Bertz CT molecular complexity index is 1490. The molecule has 0 aliphatic carbocycles. The molecule has 1 N–H and O–H groups in total. The Morgan fingerprint density at radius 3 is 2.44 bits per heavy atom. The Balaban J connectivity index is 1.55. The minimum Gasteiger partial charge on any atom is -0.366 e. The molecule has 2 aromatic heterocycles. The molecule has 0 spiro atoms. The first-order valence-corrected chi connectivity index (χ1v) is 14.3. The maximum atomic E-state index is 14.1. The summed E-state index contributed by atoms with van der Waals surface area (Å²) >= 11 is 5.82. The zero-order chi connectivity index (χ0) is 27.2. The van der Waals surface area contributed by atoms with Crippen LogP contribution in [0.25, 0.3) is 22.5 Å². The van der Waals surface area contributed by atoms with Crippen LogP contribution in [0.1, 0.15) is 61.7 Å². The number of nitrogens with zero attached hydrogens (tertiary/aromatic N) is 6. The number of piperidine rings is 1. The summed E-state index contributed by atoms with van der Waals surface area (Å²) < 4.78 is 1.87. The molecule has 0 atom stereocenters. The van der Waals surface area contributed by atoms with Gasteiger partial charge in [0.25, 0.3) is 5.56 Å². The third-order valence-corrected chi connectivity index (χ3v) is 7.91. The smallest absolute Gasteiger partial charge is 0.257 e. The second-order valence-electron chi connectivity index (χ2n) is 10.2. The predicted octanol–water partition coefficient (Wildman–Crippen LogP) is 5.15. The number of rotatable bonds is 9. The lowest BCUT2D eigenvalue weighted by Crippen LogP contribution is -2.38. The van der Waals surface area contributed by atoms with Crippen molar-refractivity contribution in [2.75, 3.05) is 13.1 Å². The van der Waals surface area contributed by atoms with E-state index in [1.807, 2.05) is 41.8 Å². The number of likely N-dealkylation sites (tertiary alicyclic amines) is 1. The summed E-state index contributed by atoms with van der Waals surface area (Å²) in [6, 6.07) is 16.2. The van der Waals surface area contributed by atoms with Gasteiger partial charge in [0.15, 0.2) is 5.82 Å². The largest absolute Gasteiger partial charge is 0.366 e. The van der Waals surface area contributed by atoms with Gasteiger partial charge in [-0.2, -0.15) is 0 Å². The van der Waals surface area contributed by atoms with Gasteiger partial charge >= 0.3 is 0 Å². The molecule has 1 fully saturated rings. The zero-order valence-corrected chi connectivity index (χ0v) is 23.5. The van der Waals surface area contributed by atoms with Gasteiger partial charge in [0.2, 0.25) is 0 Å². The number of thiocarbonyl (C=S) groups is 1. The summed E-state index contributed by atoms with van der Waals surface area (Å²) in [7, 11) is 0. The van der Waals surface area contributed by atoms with Gasteiger partial charge in [-0.05, 0) is 59.7 Å². The molecule has 0 bridgehead atoms. The van der Waals surface area contributed by atoms with Crippen LogP contribution >= 0.6 is 12.2 Å². The first-order valence-electron chi connectivity index (χ1n) is 13.8. The van der Waals surface area contributed by atoms with Crippen LogP contribution in [-0.4, -0.2) is 53.2 Å². The molecule has 0 saturated carbocycles. The van der Waals surface area contributed by atoms with Crippen LogP contribution in [0.15, 0.2) is 53.3 Å². The third kappa shape index (κ3) is 5.98. The molecular weight excluding hydrogens is 506 g/mol. The van der Waals surface area contributed by atoms with Crippen molar-refractivity contribution in [1.29, 1.82) is 0 Å². The van der Waals surface area contributed by atoms with Crippen LogP contribution < -0.4 is 5.56 Å². The monoisotopic (exact) mass is 541 g/mol. The topological polar surface area (TPSA) is 92.6 Å². The zero-order valence-electron chi connectivity index (χ0n) is 22.7. The summed E-state index contributed by atoms with van der Waals surface area (Å²) in [4.78, 5) is 22.2. The van der Waals surface area contributed by atoms with Crippen molar-refractivity contribution < 1.29 is 0 Å². The lowest BCUT2D eigenvalue weighted by Gasteiger charge is -2.29. The fourth-order valence-electron chi connectivity index (χ4n) is 5.34. The highest BCUT2D eigenvalue weighted by Crippen LogP contribution is 2.32. The first-order chi connectivity index (χ1) is 19.1. The number of H-pyrrole nitrogens is 1. The maximum Gasteiger partial charge on any atom is 0.257 e. The summed E-state index contributed by atoms with van der Waals surface area (Å²) in [6.45, 7) is 6.48. The van der Waals surface area contributed by atoms with E-state index in [4.69, 9.17) is 17.2 Å². The van der Waals surface area contributed by atoms with Crippen LogP contribution in [0.3, 0.4) is 0 Å². The molecule has 1 aliphatic rings. The van der Waals surface area contributed by atoms with Crippen molar-refractivity contribution in [1.82, 2.24) is 35.1 Å². The number of aromatic amines is 1. The Morgan fingerprint density at radius 1 is 1.00 bits per heavy atom. The van der Waals surface area contributed by atoms with E-state index in [2.05, 4.69) is 50.6 Å². The third-order valence-electron chi connectivity index (χ3n) is 7.50. The molecule has 8 nitrogen and oxygen atoms in total. The highest BCUT2D eigenvalue weighted by Gasteiger charge is 2.21. The number of aromatic nitrogens is 6. The van der Waals surface area contributed by atoms with Gasteiger partial charge in [0.1, 0.15) is 5.82 Å². The van der Waals surface area contributed by atoms with Crippen LogP contribution in [0.5, 0.6) is 0 Å². The van der Waals surface area contributed by atoms with E-state index in [9.17, 15) is 4.79 Å². The molecular formula is C30H35N7OS. The highest BCUT2D eigenvalue weighted by molar-refractivity contribution is 7.80. The molecule has 5 rings (SSSR count). The van der Waals surface area contributed by atoms with Gasteiger partial charge in [0.05, 0.1) is 11.5 Å². The average Bonchev–Trinajstić information content (AvgIpc) is 3.51. The number of tetrazole rings is 1. The number of benzene rings is 2. The quantitative estimate of drug-likeness (QED) is 0.293. The molecule has 39 heavy (non-hydrogen) atoms. The Hall–Kier alpha value is -3.72. The van der Waals surface area contributed by atoms with Crippen molar-refractivity contribution in [2.45, 2.75) is 65.3 Å². The van der Waals surface area contributed by atoms with Gasteiger partial charge in [-0.25, -0.2) is 10.1 Å². The number of unbranched alkanes of at least 4 members (excludes halogenated alkanes) is 1. The van der Waals surface area contributed by atoms with Gasteiger partial charge in [-0.3, -0.25) is 9.36 Å². The van der Waals surface area contributed by atoms with E-state index in [1.54, 1.807) is 0 Å². The minimum absolute atomic E-state index is 0.00971. The van der Waals surface area contributed by atoms with E-state index in [-0.39, 0.29) is 5.56 Å². The van der Waals surface area contributed by atoms with Crippen LogP contribution in [0, 0.1) is 6.92 Å². The second-order valence-corrected chi connectivity index (χ2v) is 10.6. The van der Waals surface area contributed by atoms with Crippen molar-refractivity contribution in [3.8, 4) is 22.5 Å².